The lowest BCUT2D eigenvalue weighted by molar-refractivity contribution is 0.00718. The molecule has 2 aromatic carbocycles. The van der Waals surface area contributed by atoms with Crippen molar-refractivity contribution in [3.8, 4) is 5.75 Å². The fourth-order valence-corrected chi connectivity index (χ4v) is 3.87. The average molecular weight is 469 g/mol. The molecule has 1 aliphatic rings. The Hall–Kier alpha value is -1.50. The number of hydrogen-bond acceptors (Lipinski definition) is 5. The highest BCUT2D eigenvalue weighted by Crippen LogP contribution is 2.25. The van der Waals surface area contributed by atoms with Crippen molar-refractivity contribution in [3.63, 3.8) is 0 Å². The second kappa shape index (κ2) is 13.1. The summed E-state index contributed by atoms with van der Waals surface area (Å²) in [5.74, 6) is 0.851. The van der Waals surface area contributed by atoms with Crippen LogP contribution in [0.3, 0.4) is 0 Å². The van der Waals surface area contributed by atoms with Crippen molar-refractivity contribution < 1.29 is 14.6 Å². The number of rotatable bonds is 10. The minimum atomic E-state index is -0.492. The number of ether oxygens (including phenoxy) is 2. The Bertz CT molecular complexity index is 781. The molecule has 0 aromatic heterocycles. The van der Waals surface area contributed by atoms with Crippen molar-refractivity contribution in [2.45, 2.75) is 26.4 Å². The zero-order chi connectivity index (χ0) is 21.3. The van der Waals surface area contributed by atoms with E-state index in [1.54, 1.807) is 0 Å². The molecule has 2 aromatic rings. The van der Waals surface area contributed by atoms with Crippen LogP contribution in [0.4, 0.5) is 5.69 Å². The van der Waals surface area contributed by atoms with Gasteiger partial charge in [-0.05, 0) is 48.7 Å². The van der Waals surface area contributed by atoms with Crippen LogP contribution in [0.25, 0.3) is 0 Å². The molecule has 31 heavy (non-hydrogen) atoms. The first-order chi connectivity index (χ1) is 14.5. The Kier molecular flexibility index (Phi) is 10.9. The molecule has 3 rings (SSSR count). The number of halogens is 2. The number of β-amino-alcohol motifs (C(OH)–C–C–N with tert-alkyl or cyclic N) is 1. The summed E-state index contributed by atoms with van der Waals surface area (Å²) in [5.41, 5.74) is 3.74. The standard InChI is InChI=1S/C24H33ClN2O3.ClH/c1-3-20-5-8-23(9-6-20)30-15-14-29-18-22(28)17-26-10-12-27(13-11-26)24-16-21(25)7-4-19(24)2;/h4-9,16,22,28H,3,10-15,17-18H2,1-2H3;1H. The third-order valence-corrected chi connectivity index (χ3v) is 5.73. The number of aliphatic hydroxyl groups is 1. The minimum Gasteiger partial charge on any atom is -0.491 e. The van der Waals surface area contributed by atoms with Gasteiger partial charge in [-0.2, -0.15) is 0 Å². The van der Waals surface area contributed by atoms with Crippen LogP contribution >= 0.6 is 24.0 Å². The summed E-state index contributed by atoms with van der Waals surface area (Å²) in [6.07, 6.45) is 0.532. The number of aryl methyl sites for hydroxylation is 2. The molecule has 1 fully saturated rings. The Morgan fingerprint density at radius 1 is 1.03 bits per heavy atom. The van der Waals surface area contributed by atoms with Gasteiger partial charge in [-0.15, -0.1) is 12.4 Å². The molecule has 7 heteroatoms. The van der Waals surface area contributed by atoms with E-state index in [2.05, 4.69) is 41.8 Å². The van der Waals surface area contributed by atoms with Gasteiger partial charge in [0.15, 0.2) is 0 Å². The van der Waals surface area contributed by atoms with Crippen molar-refractivity contribution in [2.24, 2.45) is 0 Å². The molecule has 1 unspecified atom stereocenters. The monoisotopic (exact) mass is 468 g/mol. The van der Waals surface area contributed by atoms with Crippen LogP contribution in [-0.2, 0) is 11.2 Å². The van der Waals surface area contributed by atoms with Gasteiger partial charge in [0.2, 0.25) is 0 Å². The van der Waals surface area contributed by atoms with Crippen molar-refractivity contribution in [1.29, 1.82) is 0 Å². The zero-order valence-electron chi connectivity index (χ0n) is 18.4. The summed E-state index contributed by atoms with van der Waals surface area (Å²) in [6, 6.07) is 14.2. The molecule has 0 radical (unpaired) electrons. The number of aliphatic hydroxyl groups excluding tert-OH is 1. The van der Waals surface area contributed by atoms with Crippen LogP contribution in [0.1, 0.15) is 18.1 Å². The first-order valence-electron chi connectivity index (χ1n) is 10.8. The topological polar surface area (TPSA) is 45.2 Å². The Labute approximate surface area is 197 Å². The minimum absolute atomic E-state index is 0. The SMILES string of the molecule is CCc1ccc(OCCOCC(O)CN2CCN(c3cc(Cl)ccc3C)CC2)cc1.Cl. The highest BCUT2D eigenvalue weighted by Gasteiger charge is 2.20. The summed E-state index contributed by atoms with van der Waals surface area (Å²) in [4.78, 5) is 4.65. The van der Waals surface area contributed by atoms with Crippen molar-refractivity contribution >= 4 is 29.7 Å². The van der Waals surface area contributed by atoms with E-state index in [1.807, 2.05) is 24.3 Å². The van der Waals surface area contributed by atoms with Crippen LogP contribution in [-0.4, -0.2) is 68.7 Å². The number of hydrogen-bond donors (Lipinski definition) is 1. The molecule has 0 spiro atoms. The first-order valence-corrected chi connectivity index (χ1v) is 11.1. The van der Waals surface area contributed by atoms with Gasteiger partial charge < -0.3 is 19.5 Å². The molecule has 1 atom stereocenters. The predicted molar refractivity (Wildman–Crippen MR) is 130 cm³/mol. The second-order valence-corrected chi connectivity index (χ2v) is 8.23. The quantitative estimate of drug-likeness (QED) is 0.529. The van der Waals surface area contributed by atoms with Crippen LogP contribution in [0.5, 0.6) is 5.75 Å². The Morgan fingerprint density at radius 2 is 1.74 bits per heavy atom. The third kappa shape index (κ3) is 8.17. The summed E-state index contributed by atoms with van der Waals surface area (Å²) in [6.45, 7) is 9.84. The maximum absolute atomic E-state index is 10.3. The van der Waals surface area contributed by atoms with E-state index < -0.39 is 6.10 Å². The van der Waals surface area contributed by atoms with E-state index in [4.69, 9.17) is 21.1 Å². The average Bonchev–Trinajstić information content (AvgIpc) is 2.76. The number of piperazine rings is 1. The number of anilines is 1. The van der Waals surface area contributed by atoms with Crippen molar-refractivity contribution in [3.05, 3.63) is 58.6 Å². The lowest BCUT2D eigenvalue weighted by Crippen LogP contribution is -2.49. The van der Waals surface area contributed by atoms with Gasteiger partial charge in [0.05, 0.1) is 19.3 Å². The second-order valence-electron chi connectivity index (χ2n) is 7.79. The summed E-state index contributed by atoms with van der Waals surface area (Å²) in [7, 11) is 0. The predicted octanol–water partition coefficient (Wildman–Crippen LogP) is 4.21. The normalized spacial score (nSPS) is 15.4. The van der Waals surface area contributed by atoms with Gasteiger partial charge in [-0.25, -0.2) is 0 Å². The van der Waals surface area contributed by atoms with Crippen LogP contribution < -0.4 is 9.64 Å². The van der Waals surface area contributed by atoms with Crippen LogP contribution in [0, 0.1) is 6.92 Å². The van der Waals surface area contributed by atoms with Gasteiger partial charge >= 0.3 is 0 Å². The molecule has 1 aliphatic heterocycles. The van der Waals surface area contributed by atoms with Gasteiger partial charge in [0.1, 0.15) is 12.4 Å². The molecule has 0 aliphatic carbocycles. The van der Waals surface area contributed by atoms with Crippen molar-refractivity contribution in [1.82, 2.24) is 4.90 Å². The van der Waals surface area contributed by atoms with Gasteiger partial charge in [0.25, 0.3) is 0 Å². The van der Waals surface area contributed by atoms with Gasteiger partial charge in [0, 0.05) is 43.4 Å². The van der Waals surface area contributed by atoms with Crippen molar-refractivity contribution in [2.75, 3.05) is 57.4 Å². The maximum Gasteiger partial charge on any atom is 0.119 e. The molecule has 0 bridgehead atoms. The van der Waals surface area contributed by atoms with E-state index in [1.165, 1.54) is 16.8 Å². The largest absolute Gasteiger partial charge is 0.491 e. The van der Waals surface area contributed by atoms with E-state index in [0.717, 1.165) is 43.4 Å². The van der Waals surface area contributed by atoms with E-state index in [0.29, 0.717) is 26.4 Å². The molecular formula is C24H34Cl2N2O3. The molecule has 172 valence electrons. The fourth-order valence-electron chi connectivity index (χ4n) is 3.70. The van der Waals surface area contributed by atoms with Crippen LogP contribution in [0.15, 0.2) is 42.5 Å². The Balaban J connectivity index is 0.00000341. The van der Waals surface area contributed by atoms with E-state index in [9.17, 15) is 5.11 Å². The Morgan fingerprint density at radius 3 is 2.42 bits per heavy atom. The van der Waals surface area contributed by atoms with Gasteiger partial charge in [-0.3, -0.25) is 4.90 Å². The third-order valence-electron chi connectivity index (χ3n) is 5.49. The molecule has 1 heterocycles. The van der Waals surface area contributed by atoms with E-state index >= 15 is 0 Å². The smallest absolute Gasteiger partial charge is 0.119 e. The summed E-state index contributed by atoms with van der Waals surface area (Å²) in [5, 5.41) is 11.1. The lowest BCUT2D eigenvalue weighted by atomic mass is 10.1. The number of nitrogens with zero attached hydrogens (tertiary/aromatic N) is 2. The molecule has 0 amide bonds. The molecular weight excluding hydrogens is 435 g/mol. The van der Waals surface area contributed by atoms with Gasteiger partial charge in [-0.1, -0.05) is 36.7 Å². The van der Waals surface area contributed by atoms with Crippen LogP contribution in [0.2, 0.25) is 5.02 Å². The zero-order valence-corrected chi connectivity index (χ0v) is 20.0. The lowest BCUT2D eigenvalue weighted by Gasteiger charge is -2.37. The maximum atomic E-state index is 10.3. The highest BCUT2D eigenvalue weighted by molar-refractivity contribution is 6.30. The molecule has 5 nitrogen and oxygen atoms in total. The summed E-state index contributed by atoms with van der Waals surface area (Å²) >= 11 is 6.16. The number of benzene rings is 2. The molecule has 1 N–H and O–H groups in total. The first kappa shape index (κ1) is 25.8. The highest BCUT2D eigenvalue weighted by atomic mass is 35.5. The molecule has 1 saturated heterocycles. The molecule has 0 saturated carbocycles. The summed E-state index contributed by atoms with van der Waals surface area (Å²) < 4.78 is 11.3. The van der Waals surface area contributed by atoms with E-state index in [-0.39, 0.29) is 12.4 Å². The fraction of sp³-hybridized carbons (Fsp3) is 0.500.